The second-order valence-electron chi connectivity index (χ2n) is 7.79. The molecular weight excluding hydrogens is 393 g/mol. The second-order valence-corrected chi connectivity index (χ2v) is 7.79. The number of aldehydes is 1. The van der Waals surface area contributed by atoms with Crippen molar-refractivity contribution in [2.45, 2.75) is 51.8 Å². The monoisotopic (exact) mass is 421 g/mol. The Kier molecular flexibility index (Phi) is 8.76. The van der Waals surface area contributed by atoms with Gasteiger partial charge in [-0.25, -0.2) is 9.18 Å². The van der Waals surface area contributed by atoms with E-state index in [9.17, 15) is 23.6 Å². The Morgan fingerprint density at radius 3 is 2.53 bits per heavy atom. The molecule has 164 valence electrons. The van der Waals surface area contributed by atoms with Gasteiger partial charge in [0.2, 0.25) is 11.8 Å². The molecule has 0 unspecified atom stereocenters. The predicted molar refractivity (Wildman–Crippen MR) is 107 cm³/mol. The lowest BCUT2D eigenvalue weighted by Gasteiger charge is -2.23. The SMILES string of the molecule is CC(C)C[C@H](NC(=O)OCc1ccc(F)cc1)C(=O)N[C@H](C=O)C[C@@H]1CCNC1=O. The molecule has 1 saturated heterocycles. The number of alkyl carbamates (subject to hydrolysis) is 1. The van der Waals surface area contributed by atoms with E-state index in [1.54, 1.807) is 0 Å². The van der Waals surface area contributed by atoms with Gasteiger partial charge in [-0.3, -0.25) is 9.59 Å². The summed E-state index contributed by atoms with van der Waals surface area (Å²) in [7, 11) is 0. The van der Waals surface area contributed by atoms with Crippen LogP contribution >= 0.6 is 0 Å². The second kappa shape index (κ2) is 11.3. The topological polar surface area (TPSA) is 114 Å². The fourth-order valence-corrected chi connectivity index (χ4v) is 3.22. The van der Waals surface area contributed by atoms with Crippen LogP contribution < -0.4 is 16.0 Å². The molecule has 0 saturated carbocycles. The summed E-state index contributed by atoms with van der Waals surface area (Å²) < 4.78 is 18.0. The maximum atomic E-state index is 12.9. The maximum Gasteiger partial charge on any atom is 0.408 e. The summed E-state index contributed by atoms with van der Waals surface area (Å²) >= 11 is 0. The van der Waals surface area contributed by atoms with E-state index in [2.05, 4.69) is 16.0 Å². The van der Waals surface area contributed by atoms with Crippen molar-refractivity contribution in [2.75, 3.05) is 6.54 Å². The number of rotatable bonds is 10. The molecule has 1 aromatic rings. The lowest BCUT2D eigenvalue weighted by atomic mass is 9.98. The normalized spacial score (nSPS) is 17.7. The number of halogens is 1. The zero-order valence-electron chi connectivity index (χ0n) is 17.2. The van der Waals surface area contributed by atoms with Crippen LogP contribution in [0.4, 0.5) is 9.18 Å². The van der Waals surface area contributed by atoms with Crippen LogP contribution in [0.25, 0.3) is 0 Å². The Balaban J connectivity index is 1.91. The summed E-state index contributed by atoms with van der Waals surface area (Å²) in [5, 5.41) is 7.82. The number of benzene rings is 1. The number of hydrogen-bond donors (Lipinski definition) is 3. The Bertz CT molecular complexity index is 754. The molecule has 1 heterocycles. The van der Waals surface area contributed by atoms with Gasteiger partial charge in [0.15, 0.2) is 0 Å². The van der Waals surface area contributed by atoms with Crippen LogP contribution in [0.15, 0.2) is 24.3 Å². The molecule has 3 N–H and O–H groups in total. The highest BCUT2D eigenvalue weighted by Gasteiger charge is 2.30. The first kappa shape index (κ1) is 23.3. The molecular formula is C21H28FN3O5. The summed E-state index contributed by atoms with van der Waals surface area (Å²) in [6, 6.07) is 3.79. The molecule has 1 aliphatic heterocycles. The standard InChI is InChI=1S/C21H28FN3O5/c1-13(2)9-18(25-21(29)30-12-14-3-5-16(22)6-4-14)20(28)24-17(11-26)10-15-7-8-23-19(15)27/h3-6,11,13,15,17-18H,7-10,12H2,1-2H3,(H,23,27)(H,24,28)(H,25,29)/t15-,17-,18-/m0/s1. The summed E-state index contributed by atoms with van der Waals surface area (Å²) in [5.41, 5.74) is 0.604. The van der Waals surface area contributed by atoms with Crippen molar-refractivity contribution >= 4 is 24.2 Å². The number of carbonyl (C=O) groups excluding carboxylic acids is 4. The first-order valence-corrected chi connectivity index (χ1v) is 9.99. The third kappa shape index (κ3) is 7.46. The molecule has 8 nitrogen and oxygen atoms in total. The highest BCUT2D eigenvalue weighted by molar-refractivity contribution is 5.88. The zero-order chi connectivity index (χ0) is 22.1. The Morgan fingerprint density at radius 2 is 1.97 bits per heavy atom. The van der Waals surface area contributed by atoms with Crippen molar-refractivity contribution in [3.05, 3.63) is 35.6 Å². The lowest BCUT2D eigenvalue weighted by molar-refractivity contribution is -0.127. The molecule has 3 amide bonds. The van der Waals surface area contributed by atoms with Crippen LogP contribution in [0.3, 0.4) is 0 Å². The van der Waals surface area contributed by atoms with Crippen molar-refractivity contribution in [3.63, 3.8) is 0 Å². The van der Waals surface area contributed by atoms with Crippen LogP contribution in [0.1, 0.15) is 38.7 Å². The highest BCUT2D eigenvalue weighted by atomic mass is 19.1. The average molecular weight is 421 g/mol. The van der Waals surface area contributed by atoms with E-state index in [0.717, 1.165) is 0 Å². The fourth-order valence-electron chi connectivity index (χ4n) is 3.22. The van der Waals surface area contributed by atoms with E-state index in [-0.39, 0.29) is 30.8 Å². The van der Waals surface area contributed by atoms with Gasteiger partial charge in [0.25, 0.3) is 0 Å². The van der Waals surface area contributed by atoms with Crippen LogP contribution in [0.2, 0.25) is 0 Å². The first-order valence-electron chi connectivity index (χ1n) is 9.99. The number of amides is 3. The van der Waals surface area contributed by atoms with Crippen molar-refractivity contribution in [1.29, 1.82) is 0 Å². The number of nitrogens with one attached hydrogen (secondary N) is 3. The van der Waals surface area contributed by atoms with Gasteiger partial charge in [-0.2, -0.15) is 0 Å². The van der Waals surface area contributed by atoms with E-state index in [4.69, 9.17) is 4.74 Å². The summed E-state index contributed by atoms with van der Waals surface area (Å²) in [5.74, 6) is -1.27. The van der Waals surface area contributed by atoms with Crippen molar-refractivity contribution < 1.29 is 28.3 Å². The first-order chi connectivity index (χ1) is 14.3. The van der Waals surface area contributed by atoms with E-state index in [0.29, 0.717) is 31.2 Å². The van der Waals surface area contributed by atoms with Crippen molar-refractivity contribution in [1.82, 2.24) is 16.0 Å². The van der Waals surface area contributed by atoms with Crippen LogP contribution in [0.5, 0.6) is 0 Å². The molecule has 9 heteroatoms. The highest BCUT2D eigenvalue weighted by Crippen LogP contribution is 2.16. The summed E-state index contributed by atoms with van der Waals surface area (Å²) in [6.45, 7) is 4.27. The minimum absolute atomic E-state index is 0.0735. The van der Waals surface area contributed by atoms with E-state index < -0.39 is 29.9 Å². The number of ether oxygens (including phenoxy) is 1. The van der Waals surface area contributed by atoms with Gasteiger partial charge < -0.3 is 25.5 Å². The maximum absolute atomic E-state index is 12.9. The smallest absolute Gasteiger partial charge is 0.408 e. The fraction of sp³-hybridized carbons (Fsp3) is 0.524. The molecule has 0 bridgehead atoms. The molecule has 3 atom stereocenters. The Morgan fingerprint density at radius 1 is 1.27 bits per heavy atom. The number of carbonyl (C=O) groups is 4. The van der Waals surface area contributed by atoms with Gasteiger partial charge in [0, 0.05) is 12.5 Å². The lowest BCUT2D eigenvalue weighted by Crippen LogP contribution is -2.51. The van der Waals surface area contributed by atoms with E-state index in [1.807, 2.05) is 13.8 Å². The third-order valence-electron chi connectivity index (χ3n) is 4.79. The van der Waals surface area contributed by atoms with Gasteiger partial charge in [-0.05, 0) is 42.9 Å². The minimum Gasteiger partial charge on any atom is -0.445 e. The van der Waals surface area contributed by atoms with Crippen molar-refractivity contribution in [3.8, 4) is 0 Å². The molecule has 0 spiro atoms. The average Bonchev–Trinajstić information content (AvgIpc) is 3.10. The van der Waals surface area contributed by atoms with Crippen LogP contribution in [-0.2, 0) is 25.7 Å². The third-order valence-corrected chi connectivity index (χ3v) is 4.79. The molecule has 1 aliphatic rings. The van der Waals surface area contributed by atoms with Crippen LogP contribution in [0, 0.1) is 17.7 Å². The summed E-state index contributed by atoms with van der Waals surface area (Å²) in [6.07, 6.45) is 0.973. The zero-order valence-corrected chi connectivity index (χ0v) is 17.2. The van der Waals surface area contributed by atoms with Gasteiger partial charge >= 0.3 is 6.09 Å². The van der Waals surface area contributed by atoms with Gasteiger partial charge in [-0.15, -0.1) is 0 Å². The molecule has 1 fully saturated rings. The molecule has 0 aromatic heterocycles. The molecule has 2 rings (SSSR count). The molecule has 1 aromatic carbocycles. The largest absolute Gasteiger partial charge is 0.445 e. The van der Waals surface area contributed by atoms with E-state index >= 15 is 0 Å². The predicted octanol–water partition coefficient (Wildman–Crippen LogP) is 1.68. The Hall–Kier alpha value is -2.97. The van der Waals surface area contributed by atoms with Gasteiger partial charge in [-0.1, -0.05) is 26.0 Å². The number of hydrogen-bond acceptors (Lipinski definition) is 5. The van der Waals surface area contributed by atoms with Crippen LogP contribution in [-0.4, -0.2) is 42.8 Å². The van der Waals surface area contributed by atoms with Gasteiger partial charge in [0.05, 0.1) is 6.04 Å². The quantitative estimate of drug-likeness (QED) is 0.498. The minimum atomic E-state index is -0.898. The van der Waals surface area contributed by atoms with Gasteiger partial charge in [0.1, 0.15) is 24.8 Å². The van der Waals surface area contributed by atoms with E-state index in [1.165, 1.54) is 24.3 Å². The molecule has 0 radical (unpaired) electrons. The van der Waals surface area contributed by atoms with Crippen molar-refractivity contribution in [2.24, 2.45) is 11.8 Å². The molecule has 0 aliphatic carbocycles. The molecule has 30 heavy (non-hydrogen) atoms. The summed E-state index contributed by atoms with van der Waals surface area (Å²) in [4.78, 5) is 47.9. The Labute approximate surface area is 174 Å².